The molecule has 2 aromatic carbocycles. The Kier molecular flexibility index (Phi) is 4.67. The van der Waals surface area contributed by atoms with Gasteiger partial charge in [0.2, 0.25) is 5.91 Å². The Morgan fingerprint density at radius 3 is 2.93 bits per heavy atom. The van der Waals surface area contributed by atoms with Crippen molar-refractivity contribution in [2.24, 2.45) is 0 Å². The quantitative estimate of drug-likeness (QED) is 0.848. The molecule has 0 spiro atoms. The third kappa shape index (κ3) is 3.72. The first-order valence-electron chi connectivity index (χ1n) is 9.36. The van der Waals surface area contributed by atoms with Crippen molar-refractivity contribution < 1.29 is 9.59 Å². The fraction of sp³-hybridized carbons (Fsp3) is 0.273. The number of fused-ring (bicyclic) bond motifs is 2. The van der Waals surface area contributed by atoms with Gasteiger partial charge in [-0.25, -0.2) is 0 Å². The van der Waals surface area contributed by atoms with Gasteiger partial charge in [0.25, 0.3) is 5.91 Å². The fourth-order valence-electron chi connectivity index (χ4n) is 3.59. The van der Waals surface area contributed by atoms with Gasteiger partial charge in [-0.05, 0) is 60.7 Å². The smallest absolute Gasteiger partial charge is 0.255 e. The molecule has 2 N–H and O–H groups in total. The monoisotopic (exact) mass is 361 g/mol. The highest BCUT2D eigenvalue weighted by Gasteiger charge is 2.18. The highest BCUT2D eigenvalue weighted by atomic mass is 16.2. The van der Waals surface area contributed by atoms with Crippen LogP contribution in [0.2, 0.25) is 0 Å². The molecule has 0 saturated carbocycles. The number of nitrogens with one attached hydrogen (secondary N) is 2. The molecule has 1 aliphatic carbocycles. The molecule has 27 heavy (non-hydrogen) atoms. The van der Waals surface area contributed by atoms with Crippen LogP contribution in [0.15, 0.2) is 42.5 Å². The number of hydrogen-bond acceptors (Lipinski definition) is 3. The van der Waals surface area contributed by atoms with Crippen molar-refractivity contribution >= 4 is 35.0 Å². The standard InChI is InChI=1S/C22H23N3O2/c1-25-12-11-21(26)24-19-14-17(8-10-20(19)25)22(27)23-18-9-7-15-5-3-2-4-6-16(15)13-18/h4,6-10,13-14H,2-3,5,11-12H2,1H3,(H,23,27)(H,24,26). The molecular weight excluding hydrogens is 338 g/mol. The first-order valence-corrected chi connectivity index (χ1v) is 9.36. The topological polar surface area (TPSA) is 61.4 Å². The SMILES string of the molecule is CN1CCC(=O)Nc2cc(C(=O)Nc3ccc4c(c3)C=CCCC4)ccc21. The summed E-state index contributed by atoms with van der Waals surface area (Å²) in [7, 11) is 1.95. The lowest BCUT2D eigenvalue weighted by Crippen LogP contribution is -2.18. The molecule has 0 bridgehead atoms. The Hall–Kier alpha value is -3.08. The van der Waals surface area contributed by atoms with Crippen LogP contribution < -0.4 is 15.5 Å². The second kappa shape index (κ2) is 7.27. The van der Waals surface area contributed by atoms with E-state index in [2.05, 4.69) is 28.9 Å². The van der Waals surface area contributed by atoms with Crippen molar-refractivity contribution in [3.63, 3.8) is 0 Å². The van der Waals surface area contributed by atoms with E-state index in [1.165, 1.54) is 11.1 Å². The van der Waals surface area contributed by atoms with Crippen LogP contribution in [0.25, 0.3) is 6.08 Å². The van der Waals surface area contributed by atoms with Crippen LogP contribution in [0.4, 0.5) is 17.1 Å². The van der Waals surface area contributed by atoms with Crippen molar-refractivity contribution in [2.45, 2.75) is 25.7 Å². The van der Waals surface area contributed by atoms with Gasteiger partial charge in [-0.2, -0.15) is 0 Å². The van der Waals surface area contributed by atoms with Gasteiger partial charge < -0.3 is 15.5 Å². The molecule has 2 amide bonds. The van der Waals surface area contributed by atoms with Crippen LogP contribution in [0.3, 0.4) is 0 Å². The molecule has 1 heterocycles. The largest absolute Gasteiger partial charge is 0.372 e. The molecule has 0 atom stereocenters. The van der Waals surface area contributed by atoms with Gasteiger partial charge in [0, 0.05) is 31.3 Å². The molecule has 2 aromatic rings. The molecule has 1 aliphatic heterocycles. The number of anilines is 3. The van der Waals surface area contributed by atoms with Crippen molar-refractivity contribution in [1.29, 1.82) is 0 Å². The molecule has 5 heteroatoms. The van der Waals surface area contributed by atoms with E-state index in [-0.39, 0.29) is 11.8 Å². The number of aryl methyl sites for hydroxylation is 1. The number of benzene rings is 2. The van der Waals surface area contributed by atoms with E-state index in [9.17, 15) is 9.59 Å². The average Bonchev–Trinajstić information content (AvgIpc) is 2.98. The fourth-order valence-corrected chi connectivity index (χ4v) is 3.59. The molecule has 0 fully saturated rings. The van der Waals surface area contributed by atoms with Crippen molar-refractivity contribution in [2.75, 3.05) is 29.1 Å². The second-order valence-corrected chi connectivity index (χ2v) is 7.11. The number of carbonyl (C=O) groups is 2. The van der Waals surface area contributed by atoms with Crippen LogP contribution in [0, 0.1) is 0 Å². The van der Waals surface area contributed by atoms with E-state index in [4.69, 9.17) is 0 Å². The van der Waals surface area contributed by atoms with E-state index in [1.807, 2.05) is 30.1 Å². The van der Waals surface area contributed by atoms with Gasteiger partial charge in [-0.3, -0.25) is 9.59 Å². The molecule has 0 radical (unpaired) electrons. The Balaban J connectivity index is 1.57. The van der Waals surface area contributed by atoms with E-state index in [1.54, 1.807) is 12.1 Å². The van der Waals surface area contributed by atoms with Crippen molar-refractivity contribution in [3.8, 4) is 0 Å². The van der Waals surface area contributed by atoms with E-state index >= 15 is 0 Å². The minimum atomic E-state index is -0.184. The predicted octanol–water partition coefficient (Wildman–Crippen LogP) is 4.07. The highest BCUT2D eigenvalue weighted by Crippen LogP contribution is 2.29. The number of amides is 2. The molecule has 2 aliphatic rings. The lowest BCUT2D eigenvalue weighted by atomic mass is 10.0. The Morgan fingerprint density at radius 1 is 1.15 bits per heavy atom. The summed E-state index contributed by atoms with van der Waals surface area (Å²) in [6.07, 6.45) is 8.06. The second-order valence-electron chi connectivity index (χ2n) is 7.11. The van der Waals surface area contributed by atoms with Gasteiger partial charge in [0.15, 0.2) is 0 Å². The van der Waals surface area contributed by atoms with Gasteiger partial charge >= 0.3 is 0 Å². The predicted molar refractivity (Wildman–Crippen MR) is 109 cm³/mol. The third-order valence-electron chi connectivity index (χ3n) is 5.14. The molecular formula is C22H23N3O2. The molecule has 0 saturated heterocycles. The van der Waals surface area contributed by atoms with Crippen LogP contribution >= 0.6 is 0 Å². The van der Waals surface area contributed by atoms with Crippen molar-refractivity contribution in [1.82, 2.24) is 0 Å². The van der Waals surface area contributed by atoms with Crippen LogP contribution in [0.1, 0.15) is 40.7 Å². The minimum Gasteiger partial charge on any atom is -0.372 e. The number of nitrogens with zero attached hydrogens (tertiary/aromatic N) is 1. The third-order valence-corrected chi connectivity index (χ3v) is 5.14. The van der Waals surface area contributed by atoms with Crippen LogP contribution in [-0.2, 0) is 11.2 Å². The summed E-state index contributed by atoms with van der Waals surface area (Å²) < 4.78 is 0. The Bertz CT molecular complexity index is 933. The first kappa shape index (κ1) is 17.3. The lowest BCUT2D eigenvalue weighted by Gasteiger charge is -2.18. The van der Waals surface area contributed by atoms with Crippen LogP contribution in [-0.4, -0.2) is 25.4 Å². The van der Waals surface area contributed by atoms with Gasteiger partial charge in [-0.15, -0.1) is 0 Å². The van der Waals surface area contributed by atoms with E-state index < -0.39 is 0 Å². The molecule has 4 rings (SSSR count). The number of carbonyl (C=O) groups excluding carboxylic acids is 2. The maximum absolute atomic E-state index is 12.7. The van der Waals surface area contributed by atoms with Gasteiger partial charge in [0.05, 0.1) is 11.4 Å². The minimum absolute atomic E-state index is 0.0318. The zero-order valence-corrected chi connectivity index (χ0v) is 15.4. The van der Waals surface area contributed by atoms with E-state index in [0.29, 0.717) is 24.2 Å². The van der Waals surface area contributed by atoms with Crippen molar-refractivity contribution in [3.05, 3.63) is 59.2 Å². The van der Waals surface area contributed by atoms with Gasteiger partial charge in [-0.1, -0.05) is 18.2 Å². The summed E-state index contributed by atoms with van der Waals surface area (Å²) in [5, 5.41) is 5.86. The zero-order chi connectivity index (χ0) is 18.8. The Morgan fingerprint density at radius 2 is 2.04 bits per heavy atom. The molecule has 0 unspecified atom stereocenters. The maximum atomic E-state index is 12.7. The number of allylic oxidation sites excluding steroid dienone is 1. The maximum Gasteiger partial charge on any atom is 0.255 e. The summed E-state index contributed by atoms with van der Waals surface area (Å²) in [6, 6.07) is 11.5. The normalized spacial score (nSPS) is 15.9. The Labute approximate surface area is 159 Å². The molecule has 0 aromatic heterocycles. The number of rotatable bonds is 2. The number of hydrogen-bond donors (Lipinski definition) is 2. The summed E-state index contributed by atoms with van der Waals surface area (Å²) in [5.74, 6) is -0.216. The highest BCUT2D eigenvalue weighted by molar-refractivity contribution is 6.06. The summed E-state index contributed by atoms with van der Waals surface area (Å²) >= 11 is 0. The lowest BCUT2D eigenvalue weighted by molar-refractivity contribution is -0.115. The zero-order valence-electron chi connectivity index (χ0n) is 15.4. The van der Waals surface area contributed by atoms with Gasteiger partial charge in [0.1, 0.15) is 0 Å². The summed E-state index contributed by atoms with van der Waals surface area (Å²) in [6.45, 7) is 0.660. The molecule has 5 nitrogen and oxygen atoms in total. The molecule has 138 valence electrons. The van der Waals surface area contributed by atoms with Crippen LogP contribution in [0.5, 0.6) is 0 Å². The first-order chi connectivity index (χ1) is 13.1. The van der Waals surface area contributed by atoms with E-state index in [0.717, 1.165) is 30.6 Å². The average molecular weight is 361 g/mol. The summed E-state index contributed by atoms with van der Waals surface area (Å²) in [4.78, 5) is 26.6. The summed E-state index contributed by atoms with van der Waals surface area (Å²) in [5.41, 5.74) is 5.39.